The van der Waals surface area contributed by atoms with Gasteiger partial charge in [-0.05, 0) is 53.5 Å². The molecule has 1 heterocycles. The second-order valence-corrected chi connectivity index (χ2v) is 4.70. The minimum absolute atomic E-state index is 0.234. The highest BCUT2D eigenvalue weighted by Crippen LogP contribution is 2.27. The maximum absolute atomic E-state index is 8.75. The summed E-state index contributed by atoms with van der Waals surface area (Å²) in [6, 6.07) is 7.50. The Morgan fingerprint density at radius 2 is 2.38 bits per heavy atom. The van der Waals surface area contributed by atoms with Gasteiger partial charge in [-0.25, -0.2) is 0 Å². The van der Waals surface area contributed by atoms with E-state index in [1.807, 2.05) is 6.07 Å². The van der Waals surface area contributed by atoms with Crippen molar-refractivity contribution in [1.29, 1.82) is 5.26 Å². The monoisotopic (exact) mass is 280 g/mol. The normalized spacial score (nSPS) is 20.1. The van der Waals surface area contributed by atoms with Gasteiger partial charge in [0.15, 0.2) is 0 Å². The summed E-state index contributed by atoms with van der Waals surface area (Å²) in [6.45, 7) is 1.97. The largest absolute Gasteiger partial charge is 0.488 e. The first-order valence-corrected chi connectivity index (χ1v) is 6.16. The van der Waals surface area contributed by atoms with Crippen LogP contribution >= 0.6 is 15.9 Å². The average Bonchev–Trinajstić information content (AvgIpc) is 2.33. The van der Waals surface area contributed by atoms with E-state index in [1.54, 1.807) is 12.1 Å². The van der Waals surface area contributed by atoms with Crippen LogP contribution in [0.1, 0.15) is 18.4 Å². The van der Waals surface area contributed by atoms with E-state index in [0.29, 0.717) is 5.56 Å². The predicted molar refractivity (Wildman–Crippen MR) is 65.4 cm³/mol. The lowest BCUT2D eigenvalue weighted by atomic mass is 10.1. The van der Waals surface area contributed by atoms with Crippen LogP contribution in [0.3, 0.4) is 0 Å². The molecule has 1 aliphatic heterocycles. The SMILES string of the molecule is N#Cc1ccc(O[C@H]2CCCNC2)c(Br)c1. The molecule has 0 saturated carbocycles. The summed E-state index contributed by atoms with van der Waals surface area (Å²) in [5, 5.41) is 12.1. The fourth-order valence-electron chi connectivity index (χ4n) is 1.77. The molecule has 0 radical (unpaired) electrons. The van der Waals surface area contributed by atoms with E-state index in [0.717, 1.165) is 36.2 Å². The molecule has 0 spiro atoms. The number of hydrogen-bond donors (Lipinski definition) is 1. The van der Waals surface area contributed by atoms with E-state index in [4.69, 9.17) is 10.00 Å². The third-order valence-electron chi connectivity index (χ3n) is 2.61. The summed E-state index contributed by atoms with van der Waals surface area (Å²) in [7, 11) is 0. The fourth-order valence-corrected chi connectivity index (χ4v) is 2.24. The van der Waals surface area contributed by atoms with E-state index in [2.05, 4.69) is 27.3 Å². The highest BCUT2D eigenvalue weighted by Gasteiger charge is 2.15. The number of rotatable bonds is 2. The van der Waals surface area contributed by atoms with Crippen LogP contribution < -0.4 is 10.1 Å². The summed E-state index contributed by atoms with van der Waals surface area (Å²) in [6.07, 6.45) is 2.47. The number of halogens is 1. The Labute approximate surface area is 104 Å². The van der Waals surface area contributed by atoms with Crippen LogP contribution in [0, 0.1) is 11.3 Å². The van der Waals surface area contributed by atoms with Crippen LogP contribution in [0.2, 0.25) is 0 Å². The summed E-state index contributed by atoms with van der Waals surface area (Å²) in [5.74, 6) is 0.813. The van der Waals surface area contributed by atoms with Gasteiger partial charge in [-0.15, -0.1) is 0 Å². The molecule has 1 N–H and O–H groups in total. The quantitative estimate of drug-likeness (QED) is 0.905. The van der Waals surface area contributed by atoms with E-state index < -0.39 is 0 Å². The van der Waals surface area contributed by atoms with Crippen LogP contribution in [0.15, 0.2) is 22.7 Å². The zero-order chi connectivity index (χ0) is 11.4. The summed E-state index contributed by atoms with van der Waals surface area (Å²) in [4.78, 5) is 0. The maximum Gasteiger partial charge on any atom is 0.134 e. The molecular formula is C12H13BrN2O. The number of hydrogen-bond acceptors (Lipinski definition) is 3. The first-order valence-electron chi connectivity index (χ1n) is 5.36. The van der Waals surface area contributed by atoms with Gasteiger partial charge in [-0.2, -0.15) is 5.26 Å². The van der Waals surface area contributed by atoms with Crippen molar-refractivity contribution in [2.75, 3.05) is 13.1 Å². The molecule has 0 amide bonds. The molecule has 16 heavy (non-hydrogen) atoms. The topological polar surface area (TPSA) is 45.0 Å². The molecule has 1 aromatic carbocycles. The zero-order valence-corrected chi connectivity index (χ0v) is 10.5. The van der Waals surface area contributed by atoms with Crippen molar-refractivity contribution >= 4 is 15.9 Å². The Morgan fingerprint density at radius 1 is 1.50 bits per heavy atom. The number of nitriles is 1. The summed E-state index contributed by atoms with van der Waals surface area (Å²) >= 11 is 3.42. The highest BCUT2D eigenvalue weighted by molar-refractivity contribution is 9.10. The molecule has 1 fully saturated rings. The van der Waals surface area contributed by atoms with Crippen molar-refractivity contribution in [3.8, 4) is 11.8 Å². The molecule has 1 atom stereocenters. The minimum atomic E-state index is 0.234. The minimum Gasteiger partial charge on any atom is -0.488 e. The van der Waals surface area contributed by atoms with Crippen molar-refractivity contribution in [1.82, 2.24) is 5.32 Å². The molecule has 3 nitrogen and oxygen atoms in total. The van der Waals surface area contributed by atoms with E-state index in [-0.39, 0.29) is 6.10 Å². The Kier molecular flexibility index (Phi) is 3.81. The molecule has 0 bridgehead atoms. The smallest absolute Gasteiger partial charge is 0.134 e. The Balaban J connectivity index is 2.06. The van der Waals surface area contributed by atoms with Crippen molar-refractivity contribution in [2.45, 2.75) is 18.9 Å². The third kappa shape index (κ3) is 2.75. The van der Waals surface area contributed by atoms with Crippen molar-refractivity contribution in [3.63, 3.8) is 0 Å². The first-order chi connectivity index (χ1) is 7.79. The van der Waals surface area contributed by atoms with Crippen molar-refractivity contribution < 1.29 is 4.74 Å². The molecular weight excluding hydrogens is 268 g/mol. The van der Waals surface area contributed by atoms with Crippen molar-refractivity contribution in [3.05, 3.63) is 28.2 Å². The Hall–Kier alpha value is -1.05. The first kappa shape index (κ1) is 11.4. The molecule has 4 heteroatoms. The Morgan fingerprint density at radius 3 is 3.00 bits per heavy atom. The van der Waals surface area contributed by atoms with Crippen LogP contribution in [0.5, 0.6) is 5.75 Å². The molecule has 1 aliphatic rings. The molecule has 0 aliphatic carbocycles. The van der Waals surface area contributed by atoms with Gasteiger partial charge in [0.25, 0.3) is 0 Å². The van der Waals surface area contributed by atoms with Gasteiger partial charge in [-0.1, -0.05) is 0 Å². The van der Waals surface area contributed by atoms with Gasteiger partial charge in [0.05, 0.1) is 16.1 Å². The second kappa shape index (κ2) is 5.33. The molecule has 2 rings (SSSR count). The van der Waals surface area contributed by atoms with Gasteiger partial charge in [0, 0.05) is 6.54 Å². The molecule has 1 saturated heterocycles. The zero-order valence-electron chi connectivity index (χ0n) is 8.87. The highest BCUT2D eigenvalue weighted by atomic mass is 79.9. The lowest BCUT2D eigenvalue weighted by Crippen LogP contribution is -2.37. The molecule has 0 unspecified atom stereocenters. The van der Waals surface area contributed by atoms with E-state index >= 15 is 0 Å². The van der Waals surface area contributed by atoms with Crippen LogP contribution in [-0.4, -0.2) is 19.2 Å². The number of nitrogens with one attached hydrogen (secondary N) is 1. The molecule has 0 aromatic heterocycles. The van der Waals surface area contributed by atoms with Gasteiger partial charge in [0.2, 0.25) is 0 Å². The third-order valence-corrected chi connectivity index (χ3v) is 3.23. The average molecular weight is 281 g/mol. The van der Waals surface area contributed by atoms with Gasteiger partial charge >= 0.3 is 0 Å². The predicted octanol–water partition coefficient (Wildman–Crippen LogP) is 2.45. The van der Waals surface area contributed by atoms with E-state index in [9.17, 15) is 0 Å². The second-order valence-electron chi connectivity index (χ2n) is 3.84. The van der Waals surface area contributed by atoms with Crippen LogP contribution in [0.4, 0.5) is 0 Å². The lowest BCUT2D eigenvalue weighted by Gasteiger charge is -2.24. The molecule has 1 aromatic rings. The summed E-state index contributed by atoms with van der Waals surface area (Å²) in [5.41, 5.74) is 0.640. The van der Waals surface area contributed by atoms with Crippen LogP contribution in [0.25, 0.3) is 0 Å². The number of benzene rings is 1. The van der Waals surface area contributed by atoms with Gasteiger partial charge < -0.3 is 10.1 Å². The standard InChI is InChI=1S/C12H13BrN2O/c13-11-6-9(7-14)3-4-12(11)16-10-2-1-5-15-8-10/h3-4,6,10,15H,1-2,5,8H2/t10-/m0/s1. The van der Waals surface area contributed by atoms with Gasteiger partial charge in [0.1, 0.15) is 11.9 Å². The van der Waals surface area contributed by atoms with Crippen LogP contribution in [-0.2, 0) is 0 Å². The lowest BCUT2D eigenvalue weighted by molar-refractivity contribution is 0.166. The van der Waals surface area contributed by atoms with Crippen molar-refractivity contribution in [2.24, 2.45) is 0 Å². The fraction of sp³-hybridized carbons (Fsp3) is 0.417. The number of nitrogens with zero attached hydrogens (tertiary/aromatic N) is 1. The maximum atomic E-state index is 8.75. The molecule has 84 valence electrons. The number of ether oxygens (including phenoxy) is 1. The summed E-state index contributed by atoms with van der Waals surface area (Å²) < 4.78 is 6.71. The Bertz CT molecular complexity index is 408. The van der Waals surface area contributed by atoms with E-state index in [1.165, 1.54) is 0 Å². The number of piperidine rings is 1. The van der Waals surface area contributed by atoms with Gasteiger partial charge in [-0.3, -0.25) is 0 Å².